The van der Waals surface area contributed by atoms with Gasteiger partial charge in [-0.3, -0.25) is 4.99 Å². The molecule has 7 heteroatoms. The number of sulfonamides is 1. The number of likely N-dealkylation sites (tertiary alicyclic amines) is 1. The van der Waals surface area contributed by atoms with Crippen LogP contribution in [0.1, 0.15) is 45.6 Å². The summed E-state index contributed by atoms with van der Waals surface area (Å²) in [6, 6.07) is 10.7. The number of nitrogens with zero attached hydrogens (tertiary/aromatic N) is 2. The minimum Gasteiger partial charge on any atom is -0.357 e. The molecule has 0 spiro atoms. The number of benzene rings is 1. The predicted octanol–water partition coefficient (Wildman–Crippen LogP) is 2.41. The van der Waals surface area contributed by atoms with Crippen LogP contribution in [0, 0.1) is 5.92 Å². The van der Waals surface area contributed by atoms with Crippen molar-refractivity contribution in [3.05, 3.63) is 35.9 Å². The molecule has 0 amide bonds. The molecule has 1 saturated heterocycles. The first-order valence-corrected chi connectivity index (χ1v) is 11.6. The standard InChI is InChI=1S/C20H34N4O2S/c1-6-21-19(22-15-20(3,4)23-27(5,25)26)24-13-12-18(16(2)14-24)17-10-8-7-9-11-17/h7-11,16,18,23H,6,12-15H2,1-5H3,(H,21,22). The molecule has 1 aliphatic heterocycles. The Bertz CT molecular complexity index is 732. The number of hydrogen-bond acceptors (Lipinski definition) is 3. The zero-order valence-electron chi connectivity index (χ0n) is 17.2. The van der Waals surface area contributed by atoms with Gasteiger partial charge in [0.1, 0.15) is 0 Å². The molecule has 1 aromatic carbocycles. The molecule has 1 heterocycles. The molecule has 152 valence electrons. The Morgan fingerprint density at radius 3 is 2.52 bits per heavy atom. The van der Waals surface area contributed by atoms with Gasteiger partial charge in [0.05, 0.1) is 12.8 Å². The number of hydrogen-bond donors (Lipinski definition) is 2. The Balaban J connectivity index is 2.07. The third kappa shape index (κ3) is 6.81. The molecular weight excluding hydrogens is 360 g/mol. The van der Waals surface area contributed by atoms with E-state index in [9.17, 15) is 8.42 Å². The highest BCUT2D eigenvalue weighted by Gasteiger charge is 2.29. The average molecular weight is 395 g/mol. The second-order valence-electron chi connectivity index (χ2n) is 8.16. The Labute approximate surface area is 164 Å². The normalized spacial score (nSPS) is 22.0. The number of aliphatic imine (C=N–C) groups is 1. The van der Waals surface area contributed by atoms with Crippen molar-refractivity contribution in [2.24, 2.45) is 10.9 Å². The van der Waals surface area contributed by atoms with Gasteiger partial charge in [0, 0.05) is 25.2 Å². The maximum Gasteiger partial charge on any atom is 0.209 e. The molecule has 2 unspecified atom stereocenters. The lowest BCUT2D eigenvalue weighted by Crippen LogP contribution is -2.50. The molecule has 2 rings (SSSR count). The van der Waals surface area contributed by atoms with Crippen LogP contribution in [-0.4, -0.2) is 57.3 Å². The second-order valence-corrected chi connectivity index (χ2v) is 9.91. The highest BCUT2D eigenvalue weighted by atomic mass is 32.2. The summed E-state index contributed by atoms with van der Waals surface area (Å²) in [6.45, 7) is 11.1. The molecule has 0 radical (unpaired) electrons. The first-order valence-electron chi connectivity index (χ1n) is 9.68. The van der Waals surface area contributed by atoms with Crippen LogP contribution in [0.15, 0.2) is 35.3 Å². The molecule has 2 N–H and O–H groups in total. The Kier molecular flexibility index (Phi) is 7.28. The number of guanidine groups is 1. The minimum absolute atomic E-state index is 0.384. The largest absolute Gasteiger partial charge is 0.357 e. The van der Waals surface area contributed by atoms with Crippen LogP contribution in [-0.2, 0) is 10.0 Å². The van der Waals surface area contributed by atoms with Gasteiger partial charge < -0.3 is 10.2 Å². The van der Waals surface area contributed by atoms with Gasteiger partial charge >= 0.3 is 0 Å². The van der Waals surface area contributed by atoms with E-state index in [1.54, 1.807) is 0 Å². The van der Waals surface area contributed by atoms with Crippen LogP contribution in [0.2, 0.25) is 0 Å². The van der Waals surface area contributed by atoms with Crippen molar-refractivity contribution in [3.63, 3.8) is 0 Å². The summed E-state index contributed by atoms with van der Waals surface area (Å²) < 4.78 is 25.7. The van der Waals surface area contributed by atoms with E-state index >= 15 is 0 Å². The van der Waals surface area contributed by atoms with Gasteiger partial charge in [-0.05, 0) is 44.6 Å². The molecule has 1 aliphatic rings. The lowest BCUT2D eigenvalue weighted by molar-refractivity contribution is 0.234. The zero-order chi connectivity index (χ0) is 20.1. The van der Waals surface area contributed by atoms with E-state index in [4.69, 9.17) is 4.99 Å². The molecule has 0 saturated carbocycles. The molecule has 1 aromatic rings. The first kappa shape index (κ1) is 21.7. The summed E-state index contributed by atoms with van der Waals surface area (Å²) in [4.78, 5) is 7.03. The fourth-order valence-electron chi connectivity index (χ4n) is 3.77. The van der Waals surface area contributed by atoms with Crippen LogP contribution in [0.3, 0.4) is 0 Å². The summed E-state index contributed by atoms with van der Waals surface area (Å²) in [5.41, 5.74) is 0.785. The maximum atomic E-state index is 11.5. The van der Waals surface area contributed by atoms with E-state index in [1.165, 1.54) is 11.8 Å². The third-order valence-corrected chi connectivity index (χ3v) is 5.78. The van der Waals surface area contributed by atoms with E-state index in [0.29, 0.717) is 18.4 Å². The van der Waals surface area contributed by atoms with Crippen LogP contribution in [0.25, 0.3) is 0 Å². The summed E-state index contributed by atoms with van der Waals surface area (Å²) in [5.74, 6) is 1.94. The SMILES string of the molecule is CCNC(=NCC(C)(C)NS(C)(=O)=O)N1CCC(c2ccccc2)C(C)C1. The van der Waals surface area contributed by atoms with E-state index < -0.39 is 15.6 Å². The van der Waals surface area contributed by atoms with Crippen molar-refractivity contribution in [1.29, 1.82) is 0 Å². The van der Waals surface area contributed by atoms with Gasteiger partial charge in [0.2, 0.25) is 10.0 Å². The van der Waals surface area contributed by atoms with Crippen LogP contribution in [0.4, 0.5) is 0 Å². The monoisotopic (exact) mass is 394 g/mol. The Morgan fingerprint density at radius 2 is 1.96 bits per heavy atom. The Hall–Kier alpha value is -1.60. The minimum atomic E-state index is -3.27. The van der Waals surface area contributed by atoms with Gasteiger partial charge in [-0.25, -0.2) is 13.1 Å². The summed E-state index contributed by atoms with van der Waals surface area (Å²) in [5, 5.41) is 3.36. The van der Waals surface area contributed by atoms with Gasteiger partial charge in [0.25, 0.3) is 0 Å². The Morgan fingerprint density at radius 1 is 1.30 bits per heavy atom. The summed E-state index contributed by atoms with van der Waals surface area (Å²) in [7, 11) is -3.27. The van der Waals surface area contributed by atoms with Crippen LogP contribution < -0.4 is 10.0 Å². The van der Waals surface area contributed by atoms with Crippen LogP contribution in [0.5, 0.6) is 0 Å². The van der Waals surface area contributed by atoms with Crippen molar-refractivity contribution < 1.29 is 8.42 Å². The summed E-state index contributed by atoms with van der Waals surface area (Å²) >= 11 is 0. The lowest BCUT2D eigenvalue weighted by Gasteiger charge is -2.39. The van der Waals surface area contributed by atoms with Crippen molar-refractivity contribution in [2.75, 3.05) is 32.4 Å². The zero-order valence-corrected chi connectivity index (χ0v) is 18.0. The predicted molar refractivity (Wildman–Crippen MR) is 113 cm³/mol. The number of piperidine rings is 1. The highest BCUT2D eigenvalue weighted by molar-refractivity contribution is 7.88. The third-order valence-electron chi connectivity index (χ3n) is 4.85. The fraction of sp³-hybridized carbons (Fsp3) is 0.650. The smallest absolute Gasteiger partial charge is 0.209 e. The quantitative estimate of drug-likeness (QED) is 0.574. The highest BCUT2D eigenvalue weighted by Crippen LogP contribution is 2.32. The average Bonchev–Trinajstić information content (AvgIpc) is 2.57. The van der Waals surface area contributed by atoms with E-state index in [1.807, 2.05) is 13.8 Å². The van der Waals surface area contributed by atoms with Gasteiger partial charge in [-0.1, -0.05) is 37.3 Å². The number of rotatable bonds is 6. The van der Waals surface area contributed by atoms with Crippen molar-refractivity contribution in [3.8, 4) is 0 Å². The molecule has 2 atom stereocenters. The fourth-order valence-corrected chi connectivity index (χ4v) is 4.83. The van der Waals surface area contributed by atoms with Gasteiger partial charge in [-0.15, -0.1) is 0 Å². The molecule has 1 fully saturated rings. The number of nitrogens with one attached hydrogen (secondary N) is 2. The molecule has 27 heavy (non-hydrogen) atoms. The van der Waals surface area contributed by atoms with E-state index in [0.717, 1.165) is 32.0 Å². The molecule has 0 aromatic heterocycles. The molecular formula is C20H34N4O2S. The van der Waals surface area contributed by atoms with Crippen molar-refractivity contribution >= 4 is 16.0 Å². The van der Waals surface area contributed by atoms with Crippen molar-refractivity contribution in [2.45, 2.75) is 45.6 Å². The van der Waals surface area contributed by atoms with Crippen molar-refractivity contribution in [1.82, 2.24) is 14.9 Å². The second kappa shape index (κ2) is 9.06. The van der Waals surface area contributed by atoms with Gasteiger partial charge in [-0.2, -0.15) is 0 Å². The van der Waals surface area contributed by atoms with E-state index in [-0.39, 0.29) is 0 Å². The molecule has 0 aliphatic carbocycles. The molecule has 6 nitrogen and oxygen atoms in total. The molecule has 0 bridgehead atoms. The summed E-state index contributed by atoms with van der Waals surface area (Å²) in [6.07, 6.45) is 2.26. The topological polar surface area (TPSA) is 73.8 Å². The first-order chi connectivity index (χ1) is 12.6. The maximum absolute atomic E-state index is 11.5. The van der Waals surface area contributed by atoms with Gasteiger partial charge in [0.15, 0.2) is 5.96 Å². The van der Waals surface area contributed by atoms with E-state index in [2.05, 4.69) is 59.1 Å². The van der Waals surface area contributed by atoms with Crippen LogP contribution >= 0.6 is 0 Å². The lowest BCUT2D eigenvalue weighted by atomic mass is 9.82.